The van der Waals surface area contributed by atoms with Gasteiger partial charge in [-0.2, -0.15) is 0 Å². The van der Waals surface area contributed by atoms with Crippen molar-refractivity contribution in [3.8, 4) is 17.2 Å². The van der Waals surface area contributed by atoms with Gasteiger partial charge in [-0.1, -0.05) is 6.07 Å². The molecule has 1 heterocycles. The maximum absolute atomic E-state index is 13.7. The number of aromatic hydroxyl groups is 1. The predicted molar refractivity (Wildman–Crippen MR) is 72.7 cm³/mol. The molecule has 0 aromatic heterocycles. The van der Waals surface area contributed by atoms with Gasteiger partial charge in [0.15, 0.2) is 11.5 Å². The molecule has 1 aliphatic heterocycles. The fourth-order valence-corrected chi connectivity index (χ4v) is 2.07. The Labute approximate surface area is 115 Å². The van der Waals surface area contributed by atoms with Gasteiger partial charge in [0, 0.05) is 18.2 Å². The van der Waals surface area contributed by atoms with Crippen molar-refractivity contribution >= 4 is 5.69 Å². The van der Waals surface area contributed by atoms with Crippen molar-refractivity contribution in [2.75, 3.05) is 12.1 Å². The molecule has 20 heavy (non-hydrogen) atoms. The molecule has 3 rings (SSSR count). The van der Waals surface area contributed by atoms with Crippen LogP contribution in [-0.2, 0) is 6.54 Å². The molecule has 0 radical (unpaired) electrons. The maximum atomic E-state index is 13.7. The van der Waals surface area contributed by atoms with E-state index in [1.807, 2.05) is 13.0 Å². The van der Waals surface area contributed by atoms with Crippen molar-refractivity contribution in [2.45, 2.75) is 13.5 Å². The number of fused-ring (bicyclic) bond motifs is 1. The van der Waals surface area contributed by atoms with Crippen LogP contribution < -0.4 is 14.8 Å². The molecule has 4 nitrogen and oxygen atoms in total. The second-order valence-corrected chi connectivity index (χ2v) is 4.67. The van der Waals surface area contributed by atoms with Gasteiger partial charge in [0.2, 0.25) is 6.79 Å². The highest BCUT2D eigenvalue weighted by Crippen LogP contribution is 2.37. The molecule has 0 atom stereocenters. The first-order chi connectivity index (χ1) is 9.63. The highest BCUT2D eigenvalue weighted by atomic mass is 19.1. The lowest BCUT2D eigenvalue weighted by atomic mass is 10.1. The van der Waals surface area contributed by atoms with Gasteiger partial charge < -0.3 is 19.9 Å². The van der Waals surface area contributed by atoms with Gasteiger partial charge in [-0.3, -0.25) is 0 Å². The van der Waals surface area contributed by atoms with E-state index in [0.717, 1.165) is 5.56 Å². The number of ether oxygens (including phenoxy) is 2. The molecule has 1 aliphatic rings. The Balaban J connectivity index is 1.78. The monoisotopic (exact) mass is 275 g/mol. The molecule has 0 saturated heterocycles. The van der Waals surface area contributed by atoms with E-state index in [1.54, 1.807) is 12.1 Å². The first kappa shape index (κ1) is 12.6. The third-order valence-corrected chi connectivity index (χ3v) is 3.17. The summed E-state index contributed by atoms with van der Waals surface area (Å²) in [5.41, 5.74) is 1.88. The summed E-state index contributed by atoms with van der Waals surface area (Å²) in [6.45, 7) is 2.28. The van der Waals surface area contributed by atoms with Crippen molar-refractivity contribution in [2.24, 2.45) is 0 Å². The summed E-state index contributed by atoms with van der Waals surface area (Å²) in [6, 6.07) is 8.16. The highest BCUT2D eigenvalue weighted by Gasteiger charge is 2.17. The van der Waals surface area contributed by atoms with Gasteiger partial charge in [-0.15, -0.1) is 0 Å². The lowest BCUT2D eigenvalue weighted by Gasteiger charge is -2.10. The molecule has 2 N–H and O–H groups in total. The predicted octanol–water partition coefficient (Wildman–Crippen LogP) is 3.18. The van der Waals surface area contributed by atoms with Crippen LogP contribution in [0, 0.1) is 12.7 Å². The highest BCUT2D eigenvalue weighted by molar-refractivity contribution is 5.53. The number of hydrogen-bond donors (Lipinski definition) is 2. The van der Waals surface area contributed by atoms with Crippen LogP contribution in [0.5, 0.6) is 17.2 Å². The number of halogens is 1. The molecule has 0 aliphatic carbocycles. The van der Waals surface area contributed by atoms with Crippen LogP contribution in [0.2, 0.25) is 0 Å². The number of rotatable bonds is 3. The van der Waals surface area contributed by atoms with E-state index in [2.05, 4.69) is 5.32 Å². The molecule has 2 aromatic rings. The Morgan fingerprint density at radius 3 is 2.70 bits per heavy atom. The van der Waals surface area contributed by atoms with E-state index >= 15 is 0 Å². The van der Waals surface area contributed by atoms with E-state index in [0.29, 0.717) is 29.3 Å². The van der Waals surface area contributed by atoms with E-state index < -0.39 is 0 Å². The molecule has 0 unspecified atom stereocenters. The molecule has 0 spiro atoms. The van der Waals surface area contributed by atoms with Crippen LogP contribution in [0.1, 0.15) is 11.1 Å². The van der Waals surface area contributed by atoms with Crippen LogP contribution >= 0.6 is 0 Å². The molecule has 104 valence electrons. The summed E-state index contributed by atoms with van der Waals surface area (Å²) in [5, 5.41) is 12.9. The van der Waals surface area contributed by atoms with Crippen molar-refractivity contribution in [3.05, 3.63) is 47.3 Å². The topological polar surface area (TPSA) is 50.7 Å². The Kier molecular flexibility index (Phi) is 3.10. The second kappa shape index (κ2) is 4.92. The fourth-order valence-electron chi connectivity index (χ4n) is 2.07. The SMILES string of the molecule is Cc1ccc(NCc2cc3c(cc2O)OCO3)c(F)c1. The van der Waals surface area contributed by atoms with Gasteiger partial charge in [0.05, 0.1) is 5.69 Å². The zero-order chi connectivity index (χ0) is 14.1. The normalized spacial score (nSPS) is 12.5. The minimum Gasteiger partial charge on any atom is -0.507 e. The third kappa shape index (κ3) is 2.34. The van der Waals surface area contributed by atoms with E-state index in [4.69, 9.17) is 9.47 Å². The fraction of sp³-hybridized carbons (Fsp3) is 0.200. The Bertz CT molecular complexity index is 658. The first-order valence-electron chi connectivity index (χ1n) is 6.25. The zero-order valence-electron chi connectivity index (χ0n) is 10.9. The summed E-state index contributed by atoms with van der Waals surface area (Å²) < 4.78 is 24.1. The summed E-state index contributed by atoms with van der Waals surface area (Å²) in [7, 11) is 0. The van der Waals surface area contributed by atoms with Gasteiger partial charge in [-0.05, 0) is 30.7 Å². The Morgan fingerprint density at radius 1 is 1.20 bits per heavy atom. The summed E-state index contributed by atoms with van der Waals surface area (Å²) >= 11 is 0. The third-order valence-electron chi connectivity index (χ3n) is 3.17. The maximum Gasteiger partial charge on any atom is 0.231 e. The van der Waals surface area contributed by atoms with Gasteiger partial charge >= 0.3 is 0 Å². The molecule has 0 bridgehead atoms. The quantitative estimate of drug-likeness (QED) is 0.903. The van der Waals surface area contributed by atoms with Crippen molar-refractivity contribution < 1.29 is 19.0 Å². The van der Waals surface area contributed by atoms with Crippen molar-refractivity contribution in [3.63, 3.8) is 0 Å². The second-order valence-electron chi connectivity index (χ2n) is 4.67. The Morgan fingerprint density at radius 2 is 1.95 bits per heavy atom. The van der Waals surface area contributed by atoms with Crippen LogP contribution in [0.4, 0.5) is 10.1 Å². The van der Waals surface area contributed by atoms with Gasteiger partial charge in [0.25, 0.3) is 0 Å². The minimum absolute atomic E-state index is 0.0919. The number of anilines is 1. The number of benzene rings is 2. The Hall–Kier alpha value is -2.43. The molecular formula is C15H14FNO3. The largest absolute Gasteiger partial charge is 0.507 e. The number of phenolic OH excluding ortho intramolecular Hbond substituents is 1. The van der Waals surface area contributed by atoms with Gasteiger partial charge in [-0.25, -0.2) is 4.39 Å². The smallest absolute Gasteiger partial charge is 0.231 e. The summed E-state index contributed by atoms with van der Waals surface area (Å²) in [6.07, 6.45) is 0. The average Bonchev–Trinajstić information content (AvgIpc) is 2.84. The molecule has 2 aromatic carbocycles. The number of nitrogens with one attached hydrogen (secondary N) is 1. The summed E-state index contributed by atoms with van der Waals surface area (Å²) in [4.78, 5) is 0. The molecule has 0 saturated carbocycles. The van der Waals surface area contributed by atoms with Gasteiger partial charge in [0.1, 0.15) is 11.6 Å². The molecule has 5 heteroatoms. The minimum atomic E-state index is -0.315. The van der Waals surface area contributed by atoms with Crippen LogP contribution in [0.25, 0.3) is 0 Å². The average molecular weight is 275 g/mol. The van der Waals surface area contributed by atoms with E-state index in [1.165, 1.54) is 12.1 Å². The lowest BCUT2D eigenvalue weighted by Crippen LogP contribution is -2.02. The van der Waals surface area contributed by atoms with Crippen molar-refractivity contribution in [1.29, 1.82) is 0 Å². The van der Waals surface area contributed by atoms with E-state index in [-0.39, 0.29) is 18.4 Å². The van der Waals surface area contributed by atoms with E-state index in [9.17, 15) is 9.50 Å². The standard InChI is InChI=1S/C15H14FNO3/c1-9-2-3-12(11(16)4-9)17-7-10-5-14-15(6-13(10)18)20-8-19-14/h2-6,17-18H,7-8H2,1H3. The number of phenols is 1. The zero-order valence-corrected chi connectivity index (χ0v) is 10.9. The summed E-state index contributed by atoms with van der Waals surface area (Å²) in [5.74, 6) is 0.885. The molecular weight excluding hydrogens is 261 g/mol. The van der Waals surface area contributed by atoms with Crippen LogP contribution in [0.3, 0.4) is 0 Å². The molecule has 0 fully saturated rings. The number of hydrogen-bond acceptors (Lipinski definition) is 4. The first-order valence-corrected chi connectivity index (χ1v) is 6.25. The number of aryl methyl sites for hydroxylation is 1. The van der Waals surface area contributed by atoms with Crippen molar-refractivity contribution in [1.82, 2.24) is 0 Å². The van der Waals surface area contributed by atoms with Crippen LogP contribution in [0.15, 0.2) is 30.3 Å². The van der Waals surface area contributed by atoms with Crippen LogP contribution in [-0.4, -0.2) is 11.9 Å². The molecule has 0 amide bonds. The lowest BCUT2D eigenvalue weighted by molar-refractivity contribution is 0.174.